The summed E-state index contributed by atoms with van der Waals surface area (Å²) in [5.41, 5.74) is 2.03. The molecule has 0 bridgehead atoms. The predicted octanol–water partition coefficient (Wildman–Crippen LogP) is 1.40. The maximum absolute atomic E-state index is 9.75. The lowest BCUT2D eigenvalue weighted by molar-refractivity contribution is 0.0658. The zero-order valence-electron chi connectivity index (χ0n) is 7.49. The average Bonchev–Trinajstić information content (AvgIpc) is 2.77. The van der Waals surface area contributed by atoms with E-state index >= 15 is 0 Å². The van der Waals surface area contributed by atoms with E-state index in [4.69, 9.17) is 0 Å². The van der Waals surface area contributed by atoms with Gasteiger partial charge in [0.15, 0.2) is 0 Å². The minimum atomic E-state index is -0.390. The first-order chi connectivity index (χ1) is 5.68. The van der Waals surface area contributed by atoms with E-state index < -0.39 is 6.23 Å². The van der Waals surface area contributed by atoms with Gasteiger partial charge in [0.2, 0.25) is 0 Å². The van der Waals surface area contributed by atoms with Gasteiger partial charge in [0, 0.05) is 11.6 Å². The fraction of sp³-hybridized carbons (Fsp3) is 0.667. The van der Waals surface area contributed by atoms with Gasteiger partial charge in [-0.1, -0.05) is 0 Å². The number of nitrogens with zero attached hydrogens (tertiary/aromatic N) is 2. The van der Waals surface area contributed by atoms with Crippen molar-refractivity contribution in [2.24, 2.45) is 5.92 Å². The lowest BCUT2D eigenvalue weighted by atomic mass is 10.3. The maximum Gasteiger partial charge on any atom is 0.150 e. The molecule has 1 atom stereocenters. The van der Waals surface area contributed by atoms with Crippen LogP contribution in [0.25, 0.3) is 0 Å². The highest BCUT2D eigenvalue weighted by molar-refractivity contribution is 5.07. The molecule has 1 fully saturated rings. The second-order valence-corrected chi connectivity index (χ2v) is 3.62. The SMILES string of the molecule is Cc1cc(C)n(C(O)C2CC2)n1. The quantitative estimate of drug-likeness (QED) is 0.721. The summed E-state index contributed by atoms with van der Waals surface area (Å²) >= 11 is 0. The summed E-state index contributed by atoms with van der Waals surface area (Å²) in [5.74, 6) is 0.447. The van der Waals surface area contributed by atoms with Crippen LogP contribution in [0.15, 0.2) is 6.07 Å². The van der Waals surface area contributed by atoms with Gasteiger partial charge in [-0.3, -0.25) is 0 Å². The molecule has 1 saturated carbocycles. The number of hydrogen-bond donors (Lipinski definition) is 1. The first-order valence-electron chi connectivity index (χ1n) is 4.39. The van der Waals surface area contributed by atoms with Crippen LogP contribution in [0.5, 0.6) is 0 Å². The topological polar surface area (TPSA) is 38.0 Å². The zero-order chi connectivity index (χ0) is 8.72. The van der Waals surface area contributed by atoms with Gasteiger partial charge >= 0.3 is 0 Å². The number of aliphatic hydroxyl groups excluding tert-OH is 1. The fourth-order valence-corrected chi connectivity index (χ4v) is 1.51. The number of aromatic nitrogens is 2. The minimum Gasteiger partial charge on any atom is -0.371 e. The molecule has 66 valence electrons. The van der Waals surface area contributed by atoms with Gasteiger partial charge < -0.3 is 5.11 Å². The molecule has 0 amide bonds. The Bertz CT molecular complexity index is 289. The van der Waals surface area contributed by atoms with E-state index in [0.29, 0.717) is 5.92 Å². The molecule has 3 heteroatoms. The molecule has 0 aliphatic heterocycles. The third kappa shape index (κ3) is 1.25. The van der Waals surface area contributed by atoms with E-state index in [1.165, 1.54) is 0 Å². The Morgan fingerprint density at radius 3 is 2.67 bits per heavy atom. The molecule has 1 aromatic rings. The first kappa shape index (κ1) is 7.80. The lowest BCUT2D eigenvalue weighted by Crippen LogP contribution is -2.13. The summed E-state index contributed by atoms with van der Waals surface area (Å²) < 4.78 is 1.73. The predicted molar refractivity (Wildman–Crippen MR) is 45.7 cm³/mol. The number of rotatable bonds is 2. The Labute approximate surface area is 72.0 Å². The third-order valence-electron chi connectivity index (χ3n) is 2.34. The number of aryl methyl sites for hydroxylation is 2. The van der Waals surface area contributed by atoms with E-state index in [1.807, 2.05) is 19.9 Å². The average molecular weight is 166 g/mol. The molecule has 0 spiro atoms. The molecule has 0 saturated heterocycles. The number of hydrogen-bond acceptors (Lipinski definition) is 2. The van der Waals surface area contributed by atoms with Gasteiger partial charge in [0.1, 0.15) is 6.23 Å². The third-order valence-corrected chi connectivity index (χ3v) is 2.34. The molecule has 2 rings (SSSR count). The van der Waals surface area contributed by atoms with E-state index in [9.17, 15) is 5.11 Å². The second kappa shape index (κ2) is 2.59. The van der Waals surface area contributed by atoms with Crippen molar-refractivity contribution in [3.63, 3.8) is 0 Å². The van der Waals surface area contributed by atoms with Crippen molar-refractivity contribution in [1.29, 1.82) is 0 Å². The Balaban J connectivity index is 2.25. The van der Waals surface area contributed by atoms with Crippen molar-refractivity contribution in [1.82, 2.24) is 9.78 Å². The van der Waals surface area contributed by atoms with Gasteiger partial charge in [-0.05, 0) is 32.8 Å². The van der Waals surface area contributed by atoms with Gasteiger partial charge in [-0.2, -0.15) is 5.10 Å². The van der Waals surface area contributed by atoms with Crippen LogP contribution in [0.4, 0.5) is 0 Å². The summed E-state index contributed by atoms with van der Waals surface area (Å²) in [6.45, 7) is 3.93. The normalized spacial score (nSPS) is 19.6. The van der Waals surface area contributed by atoms with Crippen LogP contribution in [0.2, 0.25) is 0 Å². The number of aliphatic hydroxyl groups is 1. The molecule has 1 aromatic heterocycles. The molecule has 0 radical (unpaired) electrons. The van der Waals surface area contributed by atoms with Crippen molar-refractivity contribution in [3.05, 3.63) is 17.5 Å². The standard InChI is InChI=1S/C9H14N2O/c1-6-5-7(2)11(10-6)9(12)8-3-4-8/h5,8-9,12H,3-4H2,1-2H3. The Morgan fingerprint density at radius 2 is 2.25 bits per heavy atom. The van der Waals surface area contributed by atoms with Crippen molar-refractivity contribution < 1.29 is 5.11 Å². The van der Waals surface area contributed by atoms with Gasteiger partial charge in [0.05, 0.1) is 5.69 Å². The Kier molecular flexibility index (Phi) is 1.68. The summed E-state index contributed by atoms with van der Waals surface area (Å²) in [6, 6.07) is 1.99. The van der Waals surface area contributed by atoms with Gasteiger partial charge in [0.25, 0.3) is 0 Å². The zero-order valence-corrected chi connectivity index (χ0v) is 7.49. The first-order valence-corrected chi connectivity index (χ1v) is 4.39. The molecular weight excluding hydrogens is 152 g/mol. The highest BCUT2D eigenvalue weighted by Gasteiger charge is 2.32. The fourth-order valence-electron chi connectivity index (χ4n) is 1.51. The second-order valence-electron chi connectivity index (χ2n) is 3.62. The van der Waals surface area contributed by atoms with E-state index in [-0.39, 0.29) is 0 Å². The summed E-state index contributed by atoms with van der Waals surface area (Å²) in [5, 5.41) is 14.0. The summed E-state index contributed by atoms with van der Waals surface area (Å²) in [6.07, 6.45) is 1.89. The van der Waals surface area contributed by atoms with Crippen LogP contribution >= 0.6 is 0 Å². The van der Waals surface area contributed by atoms with Crippen molar-refractivity contribution in [2.45, 2.75) is 32.9 Å². The highest BCUT2D eigenvalue weighted by atomic mass is 16.3. The van der Waals surface area contributed by atoms with Gasteiger partial charge in [-0.15, -0.1) is 0 Å². The minimum absolute atomic E-state index is 0.390. The molecule has 1 aliphatic carbocycles. The largest absolute Gasteiger partial charge is 0.371 e. The van der Waals surface area contributed by atoms with Crippen molar-refractivity contribution >= 4 is 0 Å². The monoisotopic (exact) mass is 166 g/mol. The summed E-state index contributed by atoms with van der Waals surface area (Å²) in [4.78, 5) is 0. The molecule has 1 heterocycles. The molecular formula is C9H14N2O. The van der Waals surface area contributed by atoms with E-state index in [1.54, 1.807) is 4.68 Å². The Morgan fingerprint density at radius 1 is 1.58 bits per heavy atom. The Hall–Kier alpha value is -0.830. The lowest BCUT2D eigenvalue weighted by Gasteiger charge is -2.11. The van der Waals surface area contributed by atoms with E-state index in [2.05, 4.69) is 5.10 Å². The van der Waals surface area contributed by atoms with Crippen molar-refractivity contribution in [2.75, 3.05) is 0 Å². The van der Waals surface area contributed by atoms with Crippen molar-refractivity contribution in [3.8, 4) is 0 Å². The smallest absolute Gasteiger partial charge is 0.150 e. The highest BCUT2D eigenvalue weighted by Crippen LogP contribution is 2.38. The summed E-state index contributed by atoms with van der Waals surface area (Å²) in [7, 11) is 0. The van der Waals surface area contributed by atoms with E-state index in [0.717, 1.165) is 24.2 Å². The van der Waals surface area contributed by atoms with Crippen LogP contribution < -0.4 is 0 Å². The molecule has 3 nitrogen and oxygen atoms in total. The van der Waals surface area contributed by atoms with Gasteiger partial charge in [-0.25, -0.2) is 4.68 Å². The van der Waals surface area contributed by atoms with Crippen LogP contribution in [0, 0.1) is 19.8 Å². The molecule has 0 aromatic carbocycles. The molecule has 1 N–H and O–H groups in total. The molecule has 1 unspecified atom stereocenters. The van der Waals surface area contributed by atoms with Crippen LogP contribution in [0.3, 0.4) is 0 Å². The van der Waals surface area contributed by atoms with Crippen LogP contribution in [-0.4, -0.2) is 14.9 Å². The molecule has 12 heavy (non-hydrogen) atoms. The maximum atomic E-state index is 9.75. The van der Waals surface area contributed by atoms with Crippen LogP contribution in [0.1, 0.15) is 30.5 Å². The van der Waals surface area contributed by atoms with Crippen LogP contribution in [-0.2, 0) is 0 Å². The molecule has 1 aliphatic rings.